The maximum atomic E-state index is 11.7. The van der Waals surface area contributed by atoms with E-state index in [0.29, 0.717) is 5.92 Å². The van der Waals surface area contributed by atoms with Gasteiger partial charge in [0.15, 0.2) is 0 Å². The van der Waals surface area contributed by atoms with Crippen molar-refractivity contribution < 1.29 is 4.79 Å². The summed E-state index contributed by atoms with van der Waals surface area (Å²) in [7, 11) is 1.83. The average Bonchev–Trinajstić information content (AvgIpc) is 2.11. The Morgan fingerprint density at radius 3 is 2.33 bits per heavy atom. The van der Waals surface area contributed by atoms with Crippen molar-refractivity contribution in [2.75, 3.05) is 13.6 Å². The molecule has 0 saturated heterocycles. The van der Waals surface area contributed by atoms with E-state index in [-0.39, 0.29) is 24.4 Å². The lowest BCUT2D eigenvalue weighted by Crippen LogP contribution is -2.42. The molecule has 15 heavy (non-hydrogen) atoms. The molecule has 0 bridgehead atoms. The summed E-state index contributed by atoms with van der Waals surface area (Å²) in [5, 5.41) is 0. The zero-order chi connectivity index (χ0) is 11.1. The molecular formula is C11H25ClN2O. The molecule has 0 spiro atoms. The minimum atomic E-state index is -0.322. The fraction of sp³-hybridized carbons (Fsp3) is 0.909. The van der Waals surface area contributed by atoms with Crippen molar-refractivity contribution in [1.82, 2.24) is 4.90 Å². The van der Waals surface area contributed by atoms with Gasteiger partial charge in [0.05, 0.1) is 6.04 Å². The van der Waals surface area contributed by atoms with Crippen molar-refractivity contribution in [3.05, 3.63) is 0 Å². The average molecular weight is 237 g/mol. The SMILES string of the molecule is CCCCN(C)C(=O)[C@@H](N)CC(C)C.Cl. The number of hydrogen-bond acceptors (Lipinski definition) is 2. The number of amides is 1. The first-order chi connectivity index (χ1) is 6.49. The van der Waals surface area contributed by atoms with Gasteiger partial charge < -0.3 is 10.6 Å². The lowest BCUT2D eigenvalue weighted by molar-refractivity contribution is -0.131. The maximum absolute atomic E-state index is 11.7. The van der Waals surface area contributed by atoms with Crippen LogP contribution in [0.3, 0.4) is 0 Å². The van der Waals surface area contributed by atoms with Crippen LogP contribution in [-0.2, 0) is 4.79 Å². The van der Waals surface area contributed by atoms with Crippen LogP contribution in [0.5, 0.6) is 0 Å². The van der Waals surface area contributed by atoms with E-state index in [9.17, 15) is 4.79 Å². The van der Waals surface area contributed by atoms with Crippen molar-refractivity contribution in [3.63, 3.8) is 0 Å². The minimum Gasteiger partial charge on any atom is -0.344 e. The van der Waals surface area contributed by atoms with E-state index in [1.165, 1.54) is 0 Å². The van der Waals surface area contributed by atoms with Crippen LogP contribution in [0.1, 0.15) is 40.0 Å². The molecule has 3 nitrogen and oxygen atoms in total. The van der Waals surface area contributed by atoms with Crippen LogP contribution < -0.4 is 5.73 Å². The third kappa shape index (κ3) is 7.63. The van der Waals surface area contributed by atoms with E-state index in [2.05, 4.69) is 20.8 Å². The molecule has 1 amide bonds. The molecule has 0 aliphatic rings. The molecule has 0 saturated carbocycles. The van der Waals surface area contributed by atoms with Gasteiger partial charge in [-0.05, 0) is 18.8 Å². The summed E-state index contributed by atoms with van der Waals surface area (Å²) in [6, 6.07) is -0.322. The number of likely N-dealkylation sites (N-methyl/N-ethyl adjacent to an activating group) is 1. The molecule has 4 heteroatoms. The van der Waals surface area contributed by atoms with Crippen LogP contribution in [0.4, 0.5) is 0 Å². The molecule has 0 aromatic heterocycles. The highest BCUT2D eigenvalue weighted by molar-refractivity contribution is 5.85. The fourth-order valence-electron chi connectivity index (χ4n) is 1.40. The second-order valence-electron chi connectivity index (χ2n) is 4.35. The largest absolute Gasteiger partial charge is 0.344 e. The molecule has 0 rings (SSSR count). The van der Waals surface area contributed by atoms with Gasteiger partial charge in [0, 0.05) is 13.6 Å². The fourth-order valence-corrected chi connectivity index (χ4v) is 1.40. The maximum Gasteiger partial charge on any atom is 0.239 e. The summed E-state index contributed by atoms with van der Waals surface area (Å²) < 4.78 is 0. The summed E-state index contributed by atoms with van der Waals surface area (Å²) >= 11 is 0. The molecule has 1 atom stereocenters. The van der Waals surface area contributed by atoms with E-state index in [0.717, 1.165) is 25.8 Å². The molecule has 0 aromatic carbocycles. The molecule has 0 aliphatic carbocycles. The van der Waals surface area contributed by atoms with Crippen LogP contribution in [0.2, 0.25) is 0 Å². The van der Waals surface area contributed by atoms with Crippen LogP contribution >= 0.6 is 12.4 Å². The summed E-state index contributed by atoms with van der Waals surface area (Å²) in [6.07, 6.45) is 2.93. The van der Waals surface area contributed by atoms with Crippen LogP contribution in [0.15, 0.2) is 0 Å². The Bertz CT molecular complexity index is 174. The third-order valence-electron chi connectivity index (χ3n) is 2.27. The van der Waals surface area contributed by atoms with Crippen molar-refractivity contribution >= 4 is 18.3 Å². The first-order valence-corrected chi connectivity index (χ1v) is 5.49. The molecule has 0 fully saturated rings. The number of nitrogens with two attached hydrogens (primary N) is 1. The molecule has 0 aliphatic heterocycles. The number of carbonyl (C=O) groups excluding carboxylic acids is 1. The monoisotopic (exact) mass is 236 g/mol. The second kappa shape index (κ2) is 8.98. The highest BCUT2D eigenvalue weighted by Gasteiger charge is 2.18. The van der Waals surface area contributed by atoms with E-state index >= 15 is 0 Å². The summed E-state index contributed by atoms with van der Waals surface area (Å²) in [5.74, 6) is 0.556. The Hall–Kier alpha value is -0.280. The zero-order valence-corrected chi connectivity index (χ0v) is 11.1. The lowest BCUT2D eigenvalue weighted by atomic mass is 10.0. The Morgan fingerprint density at radius 2 is 1.93 bits per heavy atom. The van der Waals surface area contributed by atoms with Crippen LogP contribution in [0, 0.1) is 5.92 Å². The first kappa shape index (κ1) is 17.1. The molecule has 92 valence electrons. The predicted molar refractivity (Wildman–Crippen MR) is 67.2 cm³/mol. The van der Waals surface area contributed by atoms with E-state index in [1.54, 1.807) is 4.90 Å². The molecule has 0 heterocycles. The standard InChI is InChI=1S/C11H24N2O.ClH/c1-5-6-7-13(4)11(14)10(12)8-9(2)3;/h9-10H,5-8,12H2,1-4H3;1H/t10-;/m0./s1. The quantitative estimate of drug-likeness (QED) is 0.767. The van der Waals surface area contributed by atoms with Crippen LogP contribution in [0.25, 0.3) is 0 Å². The molecule has 0 aromatic rings. The number of hydrogen-bond donors (Lipinski definition) is 1. The van der Waals surface area contributed by atoms with E-state index in [4.69, 9.17) is 5.73 Å². The topological polar surface area (TPSA) is 46.3 Å². The first-order valence-electron chi connectivity index (χ1n) is 5.49. The van der Waals surface area contributed by atoms with E-state index < -0.39 is 0 Å². The smallest absolute Gasteiger partial charge is 0.239 e. The van der Waals surface area contributed by atoms with Crippen molar-refractivity contribution in [2.24, 2.45) is 11.7 Å². The zero-order valence-electron chi connectivity index (χ0n) is 10.3. The number of rotatable bonds is 6. The van der Waals surface area contributed by atoms with Gasteiger partial charge in [-0.3, -0.25) is 4.79 Å². The number of nitrogens with zero attached hydrogens (tertiary/aromatic N) is 1. The van der Waals surface area contributed by atoms with Gasteiger partial charge in [-0.1, -0.05) is 27.2 Å². The van der Waals surface area contributed by atoms with Gasteiger partial charge in [-0.25, -0.2) is 0 Å². The van der Waals surface area contributed by atoms with Gasteiger partial charge in [0.25, 0.3) is 0 Å². The third-order valence-corrected chi connectivity index (χ3v) is 2.27. The second-order valence-corrected chi connectivity index (χ2v) is 4.35. The summed E-state index contributed by atoms with van der Waals surface area (Å²) in [5.41, 5.74) is 5.80. The Labute approximate surface area is 99.8 Å². The Kier molecular flexibility index (Phi) is 10.3. The number of carbonyl (C=O) groups is 1. The Morgan fingerprint density at radius 1 is 1.40 bits per heavy atom. The van der Waals surface area contributed by atoms with Crippen LogP contribution in [-0.4, -0.2) is 30.4 Å². The van der Waals surface area contributed by atoms with Gasteiger partial charge in [0.2, 0.25) is 5.91 Å². The molecule has 0 radical (unpaired) electrons. The number of halogens is 1. The van der Waals surface area contributed by atoms with Crippen molar-refractivity contribution in [1.29, 1.82) is 0 Å². The summed E-state index contributed by atoms with van der Waals surface area (Å²) in [6.45, 7) is 7.10. The Balaban J connectivity index is 0. The molecular weight excluding hydrogens is 212 g/mol. The normalized spacial score (nSPS) is 12.1. The highest BCUT2D eigenvalue weighted by atomic mass is 35.5. The minimum absolute atomic E-state index is 0. The molecule has 0 unspecified atom stereocenters. The highest BCUT2D eigenvalue weighted by Crippen LogP contribution is 2.05. The van der Waals surface area contributed by atoms with Gasteiger partial charge >= 0.3 is 0 Å². The molecule has 2 N–H and O–H groups in total. The lowest BCUT2D eigenvalue weighted by Gasteiger charge is -2.22. The number of unbranched alkanes of at least 4 members (excludes halogenated alkanes) is 1. The van der Waals surface area contributed by atoms with E-state index in [1.807, 2.05) is 7.05 Å². The predicted octanol–water partition coefficient (Wildman–Crippen LogP) is 2.04. The van der Waals surface area contributed by atoms with Gasteiger partial charge in [0.1, 0.15) is 0 Å². The van der Waals surface area contributed by atoms with Crippen molar-refractivity contribution in [2.45, 2.75) is 46.1 Å². The van der Waals surface area contributed by atoms with Gasteiger partial charge in [-0.15, -0.1) is 12.4 Å². The summed E-state index contributed by atoms with van der Waals surface area (Å²) in [4.78, 5) is 13.4. The van der Waals surface area contributed by atoms with Crippen molar-refractivity contribution in [3.8, 4) is 0 Å². The van der Waals surface area contributed by atoms with Gasteiger partial charge in [-0.2, -0.15) is 0 Å².